The number of hydrogen-bond acceptors (Lipinski definition) is 5. The number of methoxy groups -OCH3 is 1. The predicted molar refractivity (Wildman–Crippen MR) is 128 cm³/mol. The van der Waals surface area contributed by atoms with Crippen LogP contribution in [-0.4, -0.2) is 49.0 Å². The van der Waals surface area contributed by atoms with Gasteiger partial charge in [0, 0.05) is 36.1 Å². The van der Waals surface area contributed by atoms with Crippen LogP contribution >= 0.6 is 0 Å². The van der Waals surface area contributed by atoms with Gasteiger partial charge in [0.25, 0.3) is 0 Å². The number of hydrogen-bond donors (Lipinski definition) is 0. The van der Waals surface area contributed by atoms with Gasteiger partial charge in [-0.2, -0.15) is 0 Å². The fraction of sp³-hybridized carbons (Fsp3) is 0.741. The lowest BCUT2D eigenvalue weighted by atomic mass is 9.63. The third-order valence-electron chi connectivity index (χ3n) is 7.40. The van der Waals surface area contributed by atoms with E-state index in [1.165, 1.54) is 6.42 Å². The summed E-state index contributed by atoms with van der Waals surface area (Å²) in [6.45, 7) is 14.5. The van der Waals surface area contributed by atoms with Gasteiger partial charge in [-0.25, -0.2) is 4.79 Å². The van der Waals surface area contributed by atoms with Crippen LogP contribution in [0.4, 0.5) is 4.79 Å². The molecule has 3 aliphatic heterocycles. The Morgan fingerprint density at radius 1 is 1.27 bits per heavy atom. The summed E-state index contributed by atoms with van der Waals surface area (Å²) < 4.78 is 24.4. The number of benzene rings is 1. The number of carbonyl (C=O) groups is 1. The molecule has 0 bridgehead atoms. The van der Waals surface area contributed by atoms with E-state index in [0.29, 0.717) is 25.6 Å². The van der Waals surface area contributed by atoms with Crippen LogP contribution in [0.2, 0.25) is 0 Å². The number of nitrogens with zero attached hydrogens (tertiary/aromatic N) is 1. The van der Waals surface area contributed by atoms with E-state index in [9.17, 15) is 4.79 Å². The minimum atomic E-state index is -0.481. The molecule has 3 aliphatic rings. The molecule has 0 unspecified atom stereocenters. The minimum Gasteiger partial charge on any atom is -0.497 e. The summed E-state index contributed by atoms with van der Waals surface area (Å²) in [7, 11) is 1.68. The largest absolute Gasteiger partial charge is 0.497 e. The summed E-state index contributed by atoms with van der Waals surface area (Å²) in [5, 5.41) is 0. The van der Waals surface area contributed by atoms with E-state index in [-0.39, 0.29) is 29.1 Å². The highest BCUT2D eigenvalue weighted by atomic mass is 16.6. The second-order valence-corrected chi connectivity index (χ2v) is 12.0. The van der Waals surface area contributed by atoms with Crippen molar-refractivity contribution in [3.63, 3.8) is 0 Å². The first kappa shape index (κ1) is 24.2. The molecule has 3 atom stereocenters. The molecule has 0 N–H and O–H groups in total. The number of carbonyl (C=O) groups excluding carboxylic acids is 1. The Kier molecular flexibility index (Phi) is 6.36. The molecule has 6 nitrogen and oxygen atoms in total. The fourth-order valence-electron chi connectivity index (χ4n) is 5.69. The maximum Gasteiger partial charge on any atom is 0.410 e. The van der Waals surface area contributed by atoms with Crippen LogP contribution in [0, 0.1) is 17.3 Å². The second kappa shape index (κ2) is 8.68. The standard InChI is InChI=1S/C27H41NO5/c1-18(2)9-8-12-26(6)21-14-27(15-28(16-27)24(29)33-25(3,4)5)17-31-23(21)20-11-10-19(30-7)13-22(20)32-26/h10-11,13,18,21,23H,8-9,12,14-17H2,1-7H3/t21-,23+,26+/m0/s1. The van der Waals surface area contributed by atoms with Crippen molar-refractivity contribution in [2.45, 2.75) is 84.5 Å². The zero-order valence-electron chi connectivity index (χ0n) is 21.4. The summed E-state index contributed by atoms with van der Waals surface area (Å²) in [5.74, 6) is 2.59. The Bertz CT molecular complexity index is 870. The van der Waals surface area contributed by atoms with E-state index < -0.39 is 5.60 Å². The molecule has 33 heavy (non-hydrogen) atoms. The lowest BCUT2D eigenvalue weighted by Crippen LogP contribution is -2.65. The number of fused-ring (bicyclic) bond motifs is 3. The van der Waals surface area contributed by atoms with E-state index in [4.69, 9.17) is 18.9 Å². The minimum absolute atomic E-state index is 0.00454. The summed E-state index contributed by atoms with van der Waals surface area (Å²) in [6, 6.07) is 6.07. The topological polar surface area (TPSA) is 57.2 Å². The van der Waals surface area contributed by atoms with Crippen LogP contribution < -0.4 is 9.47 Å². The Hall–Kier alpha value is -1.95. The molecule has 0 aliphatic carbocycles. The van der Waals surface area contributed by atoms with Crippen molar-refractivity contribution < 1.29 is 23.7 Å². The molecule has 1 amide bonds. The summed E-state index contributed by atoms with van der Waals surface area (Å²) >= 11 is 0. The molecule has 0 aromatic heterocycles. The van der Waals surface area contributed by atoms with E-state index in [1.807, 2.05) is 37.8 Å². The first-order valence-corrected chi connectivity index (χ1v) is 12.4. The number of likely N-dealkylation sites (tertiary alicyclic amines) is 1. The molecule has 0 saturated carbocycles. The zero-order valence-corrected chi connectivity index (χ0v) is 21.4. The molecule has 2 fully saturated rings. The van der Waals surface area contributed by atoms with Crippen molar-refractivity contribution >= 4 is 6.09 Å². The Morgan fingerprint density at radius 2 is 2.00 bits per heavy atom. The maximum absolute atomic E-state index is 12.5. The molecule has 184 valence electrons. The molecule has 4 rings (SSSR count). The van der Waals surface area contributed by atoms with E-state index >= 15 is 0 Å². The van der Waals surface area contributed by atoms with Gasteiger partial charge in [-0.15, -0.1) is 0 Å². The SMILES string of the molecule is COc1ccc2c(c1)O[C@](C)(CCCC(C)C)[C@H]1CC3(CO[C@H]21)CN(C(=O)OC(C)(C)C)C3. The highest BCUT2D eigenvalue weighted by Gasteiger charge is 2.58. The van der Waals surface area contributed by atoms with Crippen molar-refractivity contribution in [3.8, 4) is 11.5 Å². The lowest BCUT2D eigenvalue weighted by Gasteiger charge is -2.58. The van der Waals surface area contributed by atoms with Crippen LogP contribution in [0.3, 0.4) is 0 Å². The van der Waals surface area contributed by atoms with Crippen molar-refractivity contribution in [1.82, 2.24) is 4.90 Å². The number of ether oxygens (including phenoxy) is 4. The average molecular weight is 460 g/mol. The van der Waals surface area contributed by atoms with E-state index in [2.05, 4.69) is 26.8 Å². The highest BCUT2D eigenvalue weighted by Crippen LogP contribution is 2.56. The lowest BCUT2D eigenvalue weighted by molar-refractivity contribution is -0.200. The molecular weight excluding hydrogens is 418 g/mol. The van der Waals surface area contributed by atoms with Gasteiger partial charge in [-0.3, -0.25) is 0 Å². The molecule has 0 radical (unpaired) electrons. The van der Waals surface area contributed by atoms with Crippen molar-refractivity contribution in [3.05, 3.63) is 23.8 Å². The van der Waals surface area contributed by atoms with Crippen molar-refractivity contribution in [2.75, 3.05) is 26.8 Å². The number of rotatable bonds is 5. The molecule has 3 heterocycles. The van der Waals surface area contributed by atoms with Crippen molar-refractivity contribution in [1.29, 1.82) is 0 Å². The fourth-order valence-corrected chi connectivity index (χ4v) is 5.69. The van der Waals surface area contributed by atoms with Crippen LogP contribution in [0.15, 0.2) is 18.2 Å². The van der Waals surface area contributed by atoms with Gasteiger partial charge in [0.05, 0.1) is 19.8 Å². The van der Waals surface area contributed by atoms with E-state index in [1.54, 1.807) is 7.11 Å². The van der Waals surface area contributed by atoms with Gasteiger partial charge in [0.2, 0.25) is 0 Å². The third-order valence-corrected chi connectivity index (χ3v) is 7.40. The molecule has 1 aromatic carbocycles. The quantitative estimate of drug-likeness (QED) is 0.541. The average Bonchev–Trinajstić information content (AvgIpc) is 2.69. The monoisotopic (exact) mass is 459 g/mol. The second-order valence-electron chi connectivity index (χ2n) is 12.0. The molecular formula is C27H41NO5. The Morgan fingerprint density at radius 3 is 2.64 bits per heavy atom. The summed E-state index contributed by atoms with van der Waals surface area (Å²) in [4.78, 5) is 14.3. The van der Waals surface area contributed by atoms with Crippen LogP contribution in [0.5, 0.6) is 11.5 Å². The first-order valence-electron chi connectivity index (χ1n) is 12.4. The number of amides is 1. The van der Waals surface area contributed by atoms with Crippen LogP contribution in [0.1, 0.15) is 78.9 Å². The van der Waals surface area contributed by atoms with Gasteiger partial charge in [0.1, 0.15) is 22.7 Å². The molecule has 1 spiro atoms. The summed E-state index contributed by atoms with van der Waals surface area (Å²) in [6.07, 6.45) is 4.05. The van der Waals surface area contributed by atoms with E-state index in [0.717, 1.165) is 36.3 Å². The van der Waals surface area contributed by atoms with Gasteiger partial charge in [-0.1, -0.05) is 20.3 Å². The zero-order chi connectivity index (χ0) is 24.0. The van der Waals surface area contributed by atoms with Gasteiger partial charge in [-0.05, 0) is 65.0 Å². The van der Waals surface area contributed by atoms with Crippen LogP contribution in [-0.2, 0) is 9.47 Å². The van der Waals surface area contributed by atoms with Gasteiger partial charge < -0.3 is 23.8 Å². The molecule has 6 heteroatoms. The maximum atomic E-state index is 12.5. The smallest absolute Gasteiger partial charge is 0.410 e. The molecule has 1 aromatic rings. The van der Waals surface area contributed by atoms with Gasteiger partial charge in [0.15, 0.2) is 0 Å². The van der Waals surface area contributed by atoms with Crippen molar-refractivity contribution in [2.24, 2.45) is 17.3 Å². The summed E-state index contributed by atoms with van der Waals surface area (Å²) in [5.41, 5.74) is 0.286. The third kappa shape index (κ3) is 4.96. The Labute approximate surface area is 198 Å². The van der Waals surface area contributed by atoms with Gasteiger partial charge >= 0.3 is 6.09 Å². The predicted octanol–water partition coefficient (Wildman–Crippen LogP) is 5.99. The molecule has 2 saturated heterocycles. The first-order chi connectivity index (χ1) is 15.4. The normalized spacial score (nSPS) is 27.9. The Balaban J connectivity index is 1.54. The van der Waals surface area contributed by atoms with Crippen LogP contribution in [0.25, 0.3) is 0 Å². The highest BCUT2D eigenvalue weighted by molar-refractivity contribution is 5.69.